The van der Waals surface area contributed by atoms with Crippen LogP contribution in [0.25, 0.3) is 0 Å². The van der Waals surface area contributed by atoms with Crippen LogP contribution < -0.4 is 42.8 Å². The van der Waals surface area contributed by atoms with Gasteiger partial charge in [0, 0.05) is 67.8 Å². The third kappa shape index (κ3) is 7.15. The van der Waals surface area contributed by atoms with Gasteiger partial charge >= 0.3 is 0 Å². The number of nitrogens with two attached hydrogens (primary N) is 4. The normalized spacial score (nSPS) is 23.4. The highest BCUT2D eigenvalue weighted by atomic mass is 32.2. The van der Waals surface area contributed by atoms with Crippen molar-refractivity contribution in [3.63, 3.8) is 0 Å². The van der Waals surface area contributed by atoms with Gasteiger partial charge < -0.3 is 38.1 Å². The topological polar surface area (TPSA) is 233 Å². The Kier molecular flexibility index (Phi) is 8.19. The molecule has 0 aliphatic carbocycles. The highest BCUT2D eigenvalue weighted by Crippen LogP contribution is 2.25. The summed E-state index contributed by atoms with van der Waals surface area (Å²) in [6.07, 6.45) is 1.44. The van der Waals surface area contributed by atoms with E-state index in [4.69, 9.17) is 27.9 Å². The highest BCUT2D eigenvalue weighted by Gasteiger charge is 2.29. The van der Waals surface area contributed by atoms with E-state index >= 15 is 0 Å². The first-order chi connectivity index (χ1) is 19.4. The molecule has 41 heavy (non-hydrogen) atoms. The van der Waals surface area contributed by atoms with Gasteiger partial charge in [-0.1, -0.05) is 0 Å². The Balaban J connectivity index is 1.40. The average molecular weight is 584 g/mol. The maximum absolute atomic E-state index is 13.0. The van der Waals surface area contributed by atoms with E-state index in [9.17, 15) is 8.42 Å². The average Bonchev–Trinajstić information content (AvgIpc) is 2.87. The van der Waals surface area contributed by atoms with Crippen molar-refractivity contribution in [2.75, 3.05) is 46.0 Å². The van der Waals surface area contributed by atoms with Gasteiger partial charge in [0.2, 0.25) is 17.8 Å². The summed E-state index contributed by atoms with van der Waals surface area (Å²) < 4.78 is 28.4. The summed E-state index contributed by atoms with van der Waals surface area (Å²) in [5.74, 6) is 1.84. The van der Waals surface area contributed by atoms with Gasteiger partial charge in [0.25, 0.3) is 10.0 Å². The standard InChI is InChI=1S/C25H37N13O2S/c1-14-7-22(31-15(2)30-14)36-41(39,40)21-5-3-20(4-6-21)32-23-33-24(37-10-16(26)8-17(27)11-37)35-25(34-23)38-12-18(28)9-19(29)13-38/h3-7,16-19H,8-13,26-29H2,1-2H3,(H,30,31,36)(H,32,33,34,35)/t16-,17+,18-,19+. The van der Waals surface area contributed by atoms with Crippen LogP contribution in [-0.4, -0.2) is 83.7 Å². The van der Waals surface area contributed by atoms with Crippen LogP contribution in [0.2, 0.25) is 0 Å². The fourth-order valence-electron chi connectivity index (χ4n) is 5.19. The lowest BCUT2D eigenvalue weighted by molar-refractivity contribution is 0.441. The van der Waals surface area contributed by atoms with Crippen LogP contribution in [0.5, 0.6) is 0 Å². The molecule has 2 fully saturated rings. The zero-order chi connectivity index (χ0) is 29.3. The molecule has 2 aliphatic rings. The first-order valence-electron chi connectivity index (χ1n) is 13.4. The number of nitrogens with one attached hydrogen (secondary N) is 2. The minimum atomic E-state index is -3.87. The summed E-state index contributed by atoms with van der Waals surface area (Å²) in [6.45, 7) is 5.69. The van der Waals surface area contributed by atoms with Gasteiger partial charge in [-0.15, -0.1) is 0 Å². The Hall–Kier alpha value is -3.70. The number of aryl methyl sites for hydroxylation is 2. The van der Waals surface area contributed by atoms with Crippen molar-refractivity contribution >= 4 is 39.4 Å². The smallest absolute Gasteiger partial charge is 0.263 e. The molecule has 0 amide bonds. The molecular formula is C25H37N13O2S. The second kappa shape index (κ2) is 11.7. The molecule has 10 N–H and O–H groups in total. The minimum Gasteiger partial charge on any atom is -0.338 e. The van der Waals surface area contributed by atoms with Crippen molar-refractivity contribution in [1.29, 1.82) is 0 Å². The van der Waals surface area contributed by atoms with E-state index in [1.807, 2.05) is 9.80 Å². The first-order valence-corrected chi connectivity index (χ1v) is 14.9. The number of hydrogen-bond acceptors (Lipinski definition) is 14. The molecule has 2 saturated heterocycles. The molecule has 0 spiro atoms. The molecule has 0 bridgehead atoms. The third-order valence-corrected chi connectivity index (χ3v) is 8.20. The fraction of sp³-hybridized carbons (Fsp3) is 0.480. The van der Waals surface area contributed by atoms with Gasteiger partial charge in [-0.05, 0) is 51.0 Å². The number of aromatic nitrogens is 5. The van der Waals surface area contributed by atoms with E-state index in [-0.39, 0.29) is 40.8 Å². The lowest BCUT2D eigenvalue weighted by Crippen LogP contribution is -2.54. The second-order valence-electron chi connectivity index (χ2n) is 10.8. The van der Waals surface area contributed by atoms with Gasteiger partial charge in [-0.25, -0.2) is 18.4 Å². The van der Waals surface area contributed by atoms with Crippen LogP contribution in [0, 0.1) is 13.8 Å². The molecular weight excluding hydrogens is 546 g/mol. The SMILES string of the molecule is Cc1cc(NS(=O)(=O)c2ccc(Nc3nc(N4C[C@H](N)C[C@H](N)C4)nc(N4C[C@H](N)C[C@H](N)C4)n3)cc2)nc(C)n1. The molecule has 4 heterocycles. The molecule has 0 unspecified atom stereocenters. The highest BCUT2D eigenvalue weighted by molar-refractivity contribution is 7.92. The quantitative estimate of drug-likeness (QED) is 0.207. The van der Waals surface area contributed by atoms with Crippen molar-refractivity contribution < 1.29 is 8.42 Å². The number of anilines is 5. The van der Waals surface area contributed by atoms with Gasteiger partial charge in [0.05, 0.1) is 4.90 Å². The van der Waals surface area contributed by atoms with Crippen LogP contribution in [0.1, 0.15) is 24.4 Å². The molecule has 4 atom stereocenters. The predicted molar refractivity (Wildman–Crippen MR) is 157 cm³/mol. The van der Waals surface area contributed by atoms with Crippen LogP contribution in [0.4, 0.5) is 29.4 Å². The summed E-state index contributed by atoms with van der Waals surface area (Å²) in [5.41, 5.74) is 26.2. The maximum Gasteiger partial charge on any atom is 0.263 e. The van der Waals surface area contributed by atoms with E-state index < -0.39 is 10.0 Å². The second-order valence-corrected chi connectivity index (χ2v) is 12.5. The summed E-state index contributed by atoms with van der Waals surface area (Å²) >= 11 is 0. The van der Waals surface area contributed by atoms with Crippen molar-refractivity contribution in [3.05, 3.63) is 41.9 Å². The summed E-state index contributed by atoms with van der Waals surface area (Å²) in [5, 5.41) is 3.17. The zero-order valence-electron chi connectivity index (χ0n) is 23.1. The summed E-state index contributed by atoms with van der Waals surface area (Å²) in [4.78, 5) is 26.3. The number of benzene rings is 1. The molecule has 5 rings (SSSR count). The van der Waals surface area contributed by atoms with E-state index in [1.54, 1.807) is 32.0 Å². The van der Waals surface area contributed by atoms with Crippen LogP contribution >= 0.6 is 0 Å². The molecule has 2 aliphatic heterocycles. The van der Waals surface area contributed by atoms with Crippen molar-refractivity contribution in [1.82, 2.24) is 24.9 Å². The zero-order valence-corrected chi connectivity index (χ0v) is 23.9. The number of hydrogen-bond donors (Lipinski definition) is 6. The van der Waals surface area contributed by atoms with Gasteiger partial charge in [0.1, 0.15) is 11.6 Å². The van der Waals surface area contributed by atoms with E-state index in [0.717, 1.165) is 12.8 Å². The molecule has 1 aromatic carbocycles. The molecule has 0 radical (unpaired) electrons. The van der Waals surface area contributed by atoms with E-state index in [0.29, 0.717) is 55.3 Å². The Morgan fingerprint density at radius 2 is 1.27 bits per heavy atom. The number of rotatable bonds is 7. The van der Waals surface area contributed by atoms with Crippen molar-refractivity contribution in [3.8, 4) is 0 Å². The van der Waals surface area contributed by atoms with Gasteiger partial charge in [0.15, 0.2) is 0 Å². The molecule has 16 heteroatoms. The van der Waals surface area contributed by atoms with Gasteiger partial charge in [-0.3, -0.25) is 4.72 Å². The number of sulfonamides is 1. The van der Waals surface area contributed by atoms with Crippen LogP contribution in [0.3, 0.4) is 0 Å². The third-order valence-electron chi connectivity index (χ3n) is 6.83. The fourth-order valence-corrected chi connectivity index (χ4v) is 6.18. The lowest BCUT2D eigenvalue weighted by Gasteiger charge is -2.37. The van der Waals surface area contributed by atoms with Crippen molar-refractivity contribution in [2.24, 2.45) is 22.9 Å². The number of piperidine rings is 2. The molecule has 0 saturated carbocycles. The van der Waals surface area contributed by atoms with Crippen molar-refractivity contribution in [2.45, 2.75) is 55.8 Å². The summed E-state index contributed by atoms with van der Waals surface area (Å²) in [7, 11) is -3.87. The van der Waals surface area contributed by atoms with Gasteiger partial charge in [-0.2, -0.15) is 15.0 Å². The van der Waals surface area contributed by atoms with Crippen LogP contribution in [-0.2, 0) is 10.0 Å². The predicted octanol–water partition coefficient (Wildman–Crippen LogP) is -0.448. The molecule has 220 valence electrons. The molecule has 2 aromatic heterocycles. The minimum absolute atomic E-state index is 0.0709. The summed E-state index contributed by atoms with van der Waals surface area (Å²) in [6, 6.07) is 7.38. The monoisotopic (exact) mass is 583 g/mol. The Bertz CT molecular complexity index is 1400. The maximum atomic E-state index is 13.0. The molecule has 15 nitrogen and oxygen atoms in total. The van der Waals surface area contributed by atoms with Crippen LogP contribution in [0.15, 0.2) is 35.2 Å². The lowest BCUT2D eigenvalue weighted by atomic mass is 10.0. The first kappa shape index (κ1) is 28.8. The Morgan fingerprint density at radius 1 is 0.756 bits per heavy atom. The number of nitrogens with zero attached hydrogens (tertiary/aromatic N) is 7. The Labute approximate surface area is 239 Å². The largest absolute Gasteiger partial charge is 0.338 e. The van der Waals surface area contributed by atoms with E-state index in [1.165, 1.54) is 12.1 Å². The van der Waals surface area contributed by atoms with E-state index in [2.05, 4.69) is 30.0 Å². The molecule has 3 aromatic rings. The Morgan fingerprint density at radius 3 is 1.76 bits per heavy atom.